The maximum atomic E-state index is 11.7. The third-order valence-corrected chi connectivity index (χ3v) is 4.37. The number of benzene rings is 1. The van der Waals surface area contributed by atoms with Gasteiger partial charge in [0, 0.05) is 24.8 Å². The summed E-state index contributed by atoms with van der Waals surface area (Å²) in [6, 6.07) is 4.99. The topological polar surface area (TPSA) is 66.5 Å². The average molecular weight is 335 g/mol. The van der Waals surface area contributed by atoms with Crippen LogP contribution >= 0.6 is 15.9 Å². The van der Waals surface area contributed by atoms with Gasteiger partial charge in [0.05, 0.1) is 12.2 Å². The second kappa shape index (κ2) is 5.71. The average Bonchev–Trinajstić information content (AvgIpc) is 2.23. The maximum Gasteiger partial charge on any atom is 0.241 e. The van der Waals surface area contributed by atoms with Gasteiger partial charge in [-0.15, -0.1) is 0 Å². The van der Waals surface area contributed by atoms with E-state index in [4.69, 9.17) is 0 Å². The van der Waals surface area contributed by atoms with Crippen molar-refractivity contribution in [3.63, 3.8) is 0 Å². The third-order valence-electron chi connectivity index (χ3n) is 2.27. The highest BCUT2D eigenvalue weighted by Crippen LogP contribution is 2.29. The van der Waals surface area contributed by atoms with Crippen LogP contribution in [-0.2, 0) is 14.6 Å². The van der Waals surface area contributed by atoms with Crippen molar-refractivity contribution in [2.45, 2.75) is 4.90 Å². The molecule has 0 radical (unpaired) electrons. The Morgan fingerprint density at radius 2 is 2.00 bits per heavy atom. The molecule has 100 valence electrons. The zero-order chi connectivity index (χ0) is 13.9. The van der Waals surface area contributed by atoms with E-state index in [-0.39, 0.29) is 17.3 Å². The SMILES string of the molecule is CN(C)C(=O)CNc1cccc(Br)c1S(C)(=O)=O. The fourth-order valence-corrected chi connectivity index (χ4v) is 3.56. The summed E-state index contributed by atoms with van der Waals surface area (Å²) in [7, 11) is -0.0840. The lowest BCUT2D eigenvalue weighted by molar-refractivity contribution is -0.126. The van der Waals surface area contributed by atoms with Gasteiger partial charge in [-0.2, -0.15) is 0 Å². The minimum Gasteiger partial charge on any atom is -0.375 e. The number of nitrogens with zero attached hydrogens (tertiary/aromatic N) is 1. The van der Waals surface area contributed by atoms with E-state index in [9.17, 15) is 13.2 Å². The molecule has 7 heteroatoms. The normalized spacial score (nSPS) is 11.1. The number of nitrogens with one attached hydrogen (secondary N) is 1. The number of sulfone groups is 1. The highest BCUT2D eigenvalue weighted by Gasteiger charge is 2.17. The van der Waals surface area contributed by atoms with E-state index in [1.165, 1.54) is 4.90 Å². The predicted molar refractivity (Wildman–Crippen MR) is 74.4 cm³/mol. The highest BCUT2D eigenvalue weighted by molar-refractivity contribution is 9.10. The molecular weight excluding hydrogens is 320 g/mol. The molecule has 0 aliphatic rings. The molecule has 0 bridgehead atoms. The predicted octanol–water partition coefficient (Wildman–Crippen LogP) is 1.35. The maximum absolute atomic E-state index is 11.7. The van der Waals surface area contributed by atoms with Gasteiger partial charge < -0.3 is 10.2 Å². The van der Waals surface area contributed by atoms with Gasteiger partial charge in [0.15, 0.2) is 9.84 Å². The molecule has 0 aliphatic carbocycles. The molecule has 0 aliphatic heterocycles. The Kier molecular flexibility index (Phi) is 4.75. The van der Waals surface area contributed by atoms with E-state index in [0.717, 1.165) is 6.26 Å². The first-order valence-corrected chi connectivity index (χ1v) is 7.84. The quantitative estimate of drug-likeness (QED) is 0.902. The molecule has 1 N–H and O–H groups in total. The molecule has 18 heavy (non-hydrogen) atoms. The molecule has 0 aromatic heterocycles. The Bertz CT molecular complexity index is 555. The van der Waals surface area contributed by atoms with Crippen LogP contribution < -0.4 is 5.32 Å². The number of rotatable bonds is 4. The van der Waals surface area contributed by atoms with Crippen LogP contribution in [0, 0.1) is 0 Å². The van der Waals surface area contributed by atoms with E-state index in [0.29, 0.717) is 10.2 Å². The van der Waals surface area contributed by atoms with Crippen molar-refractivity contribution in [1.82, 2.24) is 4.90 Å². The number of likely N-dealkylation sites (N-methyl/N-ethyl adjacent to an activating group) is 1. The Morgan fingerprint density at radius 1 is 1.39 bits per heavy atom. The lowest BCUT2D eigenvalue weighted by Gasteiger charge is -2.14. The van der Waals surface area contributed by atoms with Crippen molar-refractivity contribution in [2.75, 3.05) is 32.2 Å². The van der Waals surface area contributed by atoms with Gasteiger partial charge in [-0.25, -0.2) is 8.42 Å². The van der Waals surface area contributed by atoms with Crippen LogP contribution in [-0.4, -0.2) is 46.1 Å². The number of carbonyl (C=O) groups excluding carboxylic acids is 1. The minimum atomic E-state index is -3.37. The summed E-state index contributed by atoms with van der Waals surface area (Å²) in [4.78, 5) is 13.1. The van der Waals surface area contributed by atoms with Gasteiger partial charge in [-0.05, 0) is 28.1 Å². The molecule has 0 fully saturated rings. The van der Waals surface area contributed by atoms with Crippen LogP contribution in [0.25, 0.3) is 0 Å². The molecule has 0 saturated carbocycles. The van der Waals surface area contributed by atoms with Crippen molar-refractivity contribution in [3.8, 4) is 0 Å². The molecular formula is C11H15BrN2O3S. The van der Waals surface area contributed by atoms with Crippen LogP contribution in [0.2, 0.25) is 0 Å². The van der Waals surface area contributed by atoms with Gasteiger partial charge in [0.2, 0.25) is 5.91 Å². The number of anilines is 1. The monoisotopic (exact) mass is 334 g/mol. The summed E-state index contributed by atoms with van der Waals surface area (Å²) >= 11 is 3.20. The highest BCUT2D eigenvalue weighted by atomic mass is 79.9. The van der Waals surface area contributed by atoms with E-state index in [2.05, 4.69) is 21.2 Å². The van der Waals surface area contributed by atoms with E-state index >= 15 is 0 Å². The zero-order valence-electron chi connectivity index (χ0n) is 10.4. The van der Waals surface area contributed by atoms with Crippen molar-refractivity contribution >= 4 is 37.4 Å². The number of halogens is 1. The number of amides is 1. The molecule has 0 atom stereocenters. The van der Waals surface area contributed by atoms with Crippen LogP contribution in [0.5, 0.6) is 0 Å². The first-order chi connectivity index (χ1) is 8.23. The fourth-order valence-electron chi connectivity index (χ4n) is 1.35. The lowest BCUT2D eigenvalue weighted by Crippen LogP contribution is -2.29. The third kappa shape index (κ3) is 3.71. The Hall–Kier alpha value is -1.08. The molecule has 1 amide bonds. The molecule has 0 heterocycles. The van der Waals surface area contributed by atoms with E-state index < -0.39 is 9.84 Å². The first-order valence-electron chi connectivity index (χ1n) is 5.16. The summed E-state index contributed by atoms with van der Waals surface area (Å²) in [6.45, 7) is 0.0476. The molecule has 0 spiro atoms. The van der Waals surface area contributed by atoms with Gasteiger partial charge in [-0.1, -0.05) is 6.07 Å². The lowest BCUT2D eigenvalue weighted by atomic mass is 10.3. The molecule has 5 nitrogen and oxygen atoms in total. The van der Waals surface area contributed by atoms with Crippen molar-refractivity contribution < 1.29 is 13.2 Å². The fraction of sp³-hybridized carbons (Fsp3) is 0.364. The van der Waals surface area contributed by atoms with Crippen LogP contribution in [0.1, 0.15) is 0 Å². The molecule has 1 aromatic rings. The van der Waals surface area contributed by atoms with Crippen LogP contribution in [0.4, 0.5) is 5.69 Å². The van der Waals surface area contributed by atoms with Crippen molar-refractivity contribution in [2.24, 2.45) is 0 Å². The molecule has 1 rings (SSSR count). The Labute approximate surface area is 115 Å². The van der Waals surface area contributed by atoms with Gasteiger partial charge in [0.25, 0.3) is 0 Å². The Morgan fingerprint density at radius 3 is 2.50 bits per heavy atom. The first kappa shape index (κ1) is 15.0. The summed E-state index contributed by atoms with van der Waals surface area (Å²) < 4.78 is 23.9. The van der Waals surface area contributed by atoms with E-state index in [1.807, 2.05) is 0 Å². The molecule has 1 aromatic carbocycles. The summed E-state index contributed by atoms with van der Waals surface area (Å²) in [6.07, 6.45) is 1.13. The second-order valence-corrected chi connectivity index (χ2v) is 6.84. The largest absolute Gasteiger partial charge is 0.375 e. The Balaban J connectivity index is 3.04. The van der Waals surface area contributed by atoms with Crippen LogP contribution in [0.15, 0.2) is 27.6 Å². The number of hydrogen-bond donors (Lipinski definition) is 1. The standard InChI is InChI=1S/C11H15BrN2O3S/c1-14(2)10(15)7-13-9-6-4-5-8(12)11(9)18(3,16)17/h4-6,13H,7H2,1-3H3. The molecule has 0 unspecified atom stereocenters. The zero-order valence-corrected chi connectivity index (χ0v) is 12.8. The van der Waals surface area contributed by atoms with Crippen molar-refractivity contribution in [3.05, 3.63) is 22.7 Å². The number of hydrogen-bond acceptors (Lipinski definition) is 4. The number of carbonyl (C=O) groups is 1. The van der Waals surface area contributed by atoms with Crippen LogP contribution in [0.3, 0.4) is 0 Å². The van der Waals surface area contributed by atoms with Gasteiger partial charge in [0.1, 0.15) is 4.90 Å². The summed E-state index contributed by atoms with van der Waals surface area (Å²) in [5.41, 5.74) is 0.419. The van der Waals surface area contributed by atoms with E-state index in [1.54, 1.807) is 32.3 Å². The van der Waals surface area contributed by atoms with Gasteiger partial charge >= 0.3 is 0 Å². The summed E-state index contributed by atoms with van der Waals surface area (Å²) in [5, 5.41) is 2.84. The second-order valence-electron chi connectivity index (χ2n) is 4.03. The smallest absolute Gasteiger partial charge is 0.241 e. The molecule has 0 saturated heterocycles. The van der Waals surface area contributed by atoms with Crippen molar-refractivity contribution in [1.29, 1.82) is 0 Å². The summed E-state index contributed by atoms with van der Waals surface area (Å²) in [5.74, 6) is -0.130. The van der Waals surface area contributed by atoms with Gasteiger partial charge in [-0.3, -0.25) is 4.79 Å². The minimum absolute atomic E-state index is 0.0476.